The third kappa shape index (κ3) is 11.0. The SMILES string of the molecule is C/C=C\C/C=C\CCCCCC(=O)O. The van der Waals surface area contributed by atoms with Gasteiger partial charge in [0.05, 0.1) is 0 Å². The van der Waals surface area contributed by atoms with E-state index in [2.05, 4.69) is 18.2 Å². The summed E-state index contributed by atoms with van der Waals surface area (Å²) in [5.41, 5.74) is 0. The van der Waals surface area contributed by atoms with Crippen molar-refractivity contribution in [3.05, 3.63) is 24.3 Å². The van der Waals surface area contributed by atoms with E-state index in [9.17, 15) is 4.79 Å². The topological polar surface area (TPSA) is 37.3 Å². The summed E-state index contributed by atoms with van der Waals surface area (Å²) in [5.74, 6) is -0.686. The van der Waals surface area contributed by atoms with Gasteiger partial charge in [0.15, 0.2) is 0 Å². The first kappa shape index (κ1) is 12.9. The molecule has 0 bridgehead atoms. The van der Waals surface area contributed by atoms with Crippen molar-refractivity contribution in [3.63, 3.8) is 0 Å². The Labute approximate surface area is 86.3 Å². The highest BCUT2D eigenvalue weighted by atomic mass is 16.4. The molecule has 0 unspecified atom stereocenters. The zero-order valence-electron chi connectivity index (χ0n) is 8.91. The smallest absolute Gasteiger partial charge is 0.303 e. The standard InChI is InChI=1S/C12H20O2/c1-2-3-4-5-6-7-8-9-10-11-12(13)14/h2-3,5-6H,4,7-11H2,1H3,(H,13,14)/b3-2-,6-5-. The Balaban J connectivity index is 3.12. The molecule has 14 heavy (non-hydrogen) atoms. The monoisotopic (exact) mass is 196 g/mol. The van der Waals surface area contributed by atoms with Gasteiger partial charge in [0, 0.05) is 6.42 Å². The summed E-state index contributed by atoms with van der Waals surface area (Å²) in [4.78, 5) is 10.2. The number of rotatable bonds is 8. The van der Waals surface area contributed by atoms with Crippen LogP contribution in [0.4, 0.5) is 0 Å². The van der Waals surface area contributed by atoms with Gasteiger partial charge in [-0.3, -0.25) is 4.79 Å². The van der Waals surface area contributed by atoms with Crippen LogP contribution in [0.3, 0.4) is 0 Å². The molecule has 0 aliphatic heterocycles. The number of carbonyl (C=O) groups is 1. The van der Waals surface area contributed by atoms with Crippen molar-refractivity contribution in [1.29, 1.82) is 0 Å². The number of allylic oxidation sites excluding steroid dienone is 4. The van der Waals surface area contributed by atoms with Crippen LogP contribution in [0.25, 0.3) is 0 Å². The summed E-state index contributed by atoms with van der Waals surface area (Å²) in [6, 6.07) is 0. The molecule has 0 aromatic rings. The second kappa shape index (κ2) is 10.0. The van der Waals surface area contributed by atoms with E-state index in [1.54, 1.807) is 0 Å². The van der Waals surface area contributed by atoms with E-state index in [4.69, 9.17) is 5.11 Å². The average Bonchev–Trinajstić information content (AvgIpc) is 2.15. The molecular weight excluding hydrogens is 176 g/mol. The van der Waals surface area contributed by atoms with Gasteiger partial charge >= 0.3 is 5.97 Å². The fourth-order valence-corrected chi connectivity index (χ4v) is 1.14. The van der Waals surface area contributed by atoms with Crippen molar-refractivity contribution in [3.8, 4) is 0 Å². The molecule has 1 N–H and O–H groups in total. The summed E-state index contributed by atoms with van der Waals surface area (Å²) >= 11 is 0. The van der Waals surface area contributed by atoms with Crippen LogP contribution in [-0.2, 0) is 4.79 Å². The first-order valence-corrected chi connectivity index (χ1v) is 5.25. The van der Waals surface area contributed by atoms with E-state index in [-0.39, 0.29) is 0 Å². The van der Waals surface area contributed by atoms with E-state index < -0.39 is 5.97 Å². The molecule has 0 aromatic heterocycles. The Bertz CT molecular complexity index is 192. The van der Waals surface area contributed by atoms with Gasteiger partial charge < -0.3 is 5.11 Å². The maximum Gasteiger partial charge on any atom is 0.303 e. The minimum absolute atomic E-state index is 0.308. The third-order valence-corrected chi connectivity index (χ3v) is 1.94. The second-order valence-electron chi connectivity index (χ2n) is 3.27. The minimum Gasteiger partial charge on any atom is -0.481 e. The molecule has 2 nitrogen and oxygen atoms in total. The Hall–Kier alpha value is -1.05. The molecule has 0 fully saturated rings. The maximum absolute atomic E-state index is 10.2. The number of hydrogen-bond acceptors (Lipinski definition) is 1. The van der Waals surface area contributed by atoms with Crippen LogP contribution in [0, 0.1) is 0 Å². The van der Waals surface area contributed by atoms with E-state index in [1.807, 2.05) is 13.0 Å². The summed E-state index contributed by atoms with van der Waals surface area (Å²) < 4.78 is 0. The van der Waals surface area contributed by atoms with Gasteiger partial charge in [0.1, 0.15) is 0 Å². The van der Waals surface area contributed by atoms with Crippen LogP contribution in [0.2, 0.25) is 0 Å². The normalized spacial score (nSPS) is 11.5. The first-order chi connectivity index (χ1) is 6.77. The quantitative estimate of drug-likeness (QED) is 0.476. The van der Waals surface area contributed by atoms with Crippen LogP contribution in [0.1, 0.15) is 45.4 Å². The highest BCUT2D eigenvalue weighted by Gasteiger charge is 1.94. The van der Waals surface area contributed by atoms with Crippen molar-refractivity contribution < 1.29 is 9.90 Å². The van der Waals surface area contributed by atoms with E-state index in [0.29, 0.717) is 6.42 Å². The van der Waals surface area contributed by atoms with Crippen molar-refractivity contribution >= 4 is 5.97 Å². The Morgan fingerprint density at radius 3 is 2.57 bits per heavy atom. The molecule has 0 saturated heterocycles. The van der Waals surface area contributed by atoms with E-state index >= 15 is 0 Å². The highest BCUT2D eigenvalue weighted by molar-refractivity contribution is 5.66. The lowest BCUT2D eigenvalue weighted by atomic mass is 10.1. The molecule has 0 atom stereocenters. The molecule has 0 aliphatic rings. The zero-order valence-corrected chi connectivity index (χ0v) is 8.91. The number of carboxylic acids is 1. The molecule has 0 aliphatic carbocycles. The van der Waals surface area contributed by atoms with Crippen molar-refractivity contribution in [2.45, 2.75) is 45.4 Å². The Morgan fingerprint density at radius 2 is 1.93 bits per heavy atom. The summed E-state index contributed by atoms with van der Waals surface area (Å²) in [7, 11) is 0. The fourth-order valence-electron chi connectivity index (χ4n) is 1.14. The molecule has 0 radical (unpaired) electrons. The molecule has 0 heterocycles. The molecule has 0 saturated carbocycles. The van der Waals surface area contributed by atoms with E-state index in [0.717, 1.165) is 32.1 Å². The lowest BCUT2D eigenvalue weighted by Gasteiger charge is -1.94. The van der Waals surface area contributed by atoms with Crippen LogP contribution in [-0.4, -0.2) is 11.1 Å². The predicted molar refractivity (Wildman–Crippen MR) is 59.3 cm³/mol. The highest BCUT2D eigenvalue weighted by Crippen LogP contribution is 2.03. The van der Waals surface area contributed by atoms with Gasteiger partial charge in [-0.1, -0.05) is 30.7 Å². The molecule has 2 heteroatoms. The van der Waals surface area contributed by atoms with Gasteiger partial charge in [0.25, 0.3) is 0 Å². The maximum atomic E-state index is 10.2. The summed E-state index contributed by atoms with van der Waals surface area (Å²) in [5, 5.41) is 8.39. The molecular formula is C12H20O2. The molecule has 0 rings (SSSR count). The predicted octanol–water partition coefficient (Wildman–Crippen LogP) is 3.54. The van der Waals surface area contributed by atoms with Gasteiger partial charge in [-0.2, -0.15) is 0 Å². The van der Waals surface area contributed by atoms with Gasteiger partial charge in [0.2, 0.25) is 0 Å². The minimum atomic E-state index is -0.686. The van der Waals surface area contributed by atoms with E-state index in [1.165, 1.54) is 0 Å². The average molecular weight is 196 g/mol. The number of unbranched alkanes of at least 4 members (excludes halogenated alkanes) is 3. The number of aliphatic carboxylic acids is 1. The van der Waals surface area contributed by atoms with Gasteiger partial charge in [-0.25, -0.2) is 0 Å². The van der Waals surface area contributed by atoms with Crippen molar-refractivity contribution in [2.75, 3.05) is 0 Å². The number of carboxylic acid groups (broad SMARTS) is 1. The zero-order chi connectivity index (χ0) is 10.6. The second-order valence-corrected chi connectivity index (χ2v) is 3.27. The fraction of sp³-hybridized carbons (Fsp3) is 0.583. The first-order valence-electron chi connectivity index (χ1n) is 5.25. The number of hydrogen-bond donors (Lipinski definition) is 1. The van der Waals surface area contributed by atoms with Crippen molar-refractivity contribution in [1.82, 2.24) is 0 Å². The van der Waals surface area contributed by atoms with Crippen LogP contribution in [0.15, 0.2) is 24.3 Å². The lowest BCUT2D eigenvalue weighted by molar-refractivity contribution is -0.137. The Morgan fingerprint density at radius 1 is 1.14 bits per heavy atom. The largest absolute Gasteiger partial charge is 0.481 e. The van der Waals surface area contributed by atoms with Gasteiger partial charge in [-0.15, -0.1) is 0 Å². The Kier molecular flexibility index (Phi) is 9.28. The molecule has 80 valence electrons. The van der Waals surface area contributed by atoms with Gasteiger partial charge in [-0.05, 0) is 32.6 Å². The van der Waals surface area contributed by atoms with Crippen molar-refractivity contribution in [2.24, 2.45) is 0 Å². The summed E-state index contributed by atoms with van der Waals surface area (Å²) in [6.45, 7) is 2.01. The third-order valence-electron chi connectivity index (χ3n) is 1.94. The van der Waals surface area contributed by atoms with Crippen LogP contribution in [0.5, 0.6) is 0 Å². The molecule has 0 aromatic carbocycles. The summed E-state index contributed by atoms with van der Waals surface area (Å²) in [6.07, 6.45) is 13.8. The molecule has 0 spiro atoms. The lowest BCUT2D eigenvalue weighted by Crippen LogP contribution is -1.93. The van der Waals surface area contributed by atoms with Crippen LogP contribution >= 0.6 is 0 Å². The molecule has 0 amide bonds. The van der Waals surface area contributed by atoms with Crippen LogP contribution < -0.4 is 0 Å².